The zero-order valence-corrected chi connectivity index (χ0v) is 15.1. The molecule has 0 bridgehead atoms. The van der Waals surface area contributed by atoms with Crippen molar-refractivity contribution in [1.29, 1.82) is 0 Å². The largest absolute Gasteiger partial charge is 0.323 e. The second-order valence-corrected chi connectivity index (χ2v) is 7.52. The van der Waals surface area contributed by atoms with Gasteiger partial charge in [-0.3, -0.25) is 9.69 Å². The summed E-state index contributed by atoms with van der Waals surface area (Å²) >= 11 is 0. The second kappa shape index (κ2) is 6.53. The van der Waals surface area contributed by atoms with E-state index in [0.717, 1.165) is 19.5 Å². The first-order valence-corrected chi connectivity index (χ1v) is 8.91. The lowest BCUT2D eigenvalue weighted by molar-refractivity contribution is -0.119. The van der Waals surface area contributed by atoms with Crippen LogP contribution < -0.4 is 5.32 Å². The van der Waals surface area contributed by atoms with Crippen molar-refractivity contribution in [3.63, 3.8) is 0 Å². The molecule has 1 amide bonds. The topological polar surface area (TPSA) is 62.5 Å². The highest BCUT2D eigenvalue weighted by Gasteiger charge is 2.41. The molecule has 0 aliphatic carbocycles. The molecule has 6 heteroatoms. The van der Waals surface area contributed by atoms with Crippen molar-refractivity contribution < 1.29 is 4.79 Å². The van der Waals surface area contributed by atoms with Crippen LogP contribution in [0.15, 0.2) is 55.0 Å². The molecule has 1 N–H and O–H groups in total. The minimum Gasteiger partial charge on any atom is -0.323 e. The highest BCUT2D eigenvalue weighted by Crippen LogP contribution is 2.34. The lowest BCUT2D eigenvalue weighted by atomic mass is 9.95. The summed E-state index contributed by atoms with van der Waals surface area (Å²) in [6.07, 6.45) is 4.14. The number of rotatable bonds is 4. The van der Waals surface area contributed by atoms with Crippen molar-refractivity contribution in [2.45, 2.75) is 32.4 Å². The number of fused-ring (bicyclic) bond motifs is 1. The van der Waals surface area contributed by atoms with Gasteiger partial charge in [-0.1, -0.05) is 30.3 Å². The molecule has 0 radical (unpaired) electrons. The van der Waals surface area contributed by atoms with E-state index in [1.165, 1.54) is 11.9 Å². The molecule has 1 saturated heterocycles. The van der Waals surface area contributed by atoms with Gasteiger partial charge in [-0.2, -0.15) is 5.10 Å². The normalized spacial score (nSPS) is 19.7. The number of carbonyl (C=O) groups is 1. The van der Waals surface area contributed by atoms with Crippen LogP contribution in [0.3, 0.4) is 0 Å². The number of benzene rings is 1. The number of pyridine rings is 1. The quantitative estimate of drug-likeness (QED) is 0.787. The lowest BCUT2D eigenvalue weighted by Crippen LogP contribution is -2.37. The Bertz CT molecular complexity index is 918. The van der Waals surface area contributed by atoms with Gasteiger partial charge in [0.05, 0.1) is 11.6 Å². The van der Waals surface area contributed by atoms with Crippen LogP contribution in [0.5, 0.6) is 0 Å². The molecule has 26 heavy (non-hydrogen) atoms. The summed E-state index contributed by atoms with van der Waals surface area (Å²) in [5.74, 6) is 0.00151. The molecular weight excluding hydrogens is 326 g/mol. The maximum Gasteiger partial charge on any atom is 0.228 e. The Kier molecular flexibility index (Phi) is 4.20. The Morgan fingerprint density at radius 3 is 2.85 bits per heavy atom. The molecule has 3 heterocycles. The van der Waals surface area contributed by atoms with Crippen LogP contribution in [-0.2, 0) is 11.3 Å². The van der Waals surface area contributed by atoms with Crippen molar-refractivity contribution in [2.75, 3.05) is 11.9 Å². The van der Waals surface area contributed by atoms with Gasteiger partial charge < -0.3 is 5.32 Å². The predicted molar refractivity (Wildman–Crippen MR) is 101 cm³/mol. The summed E-state index contributed by atoms with van der Waals surface area (Å²) in [6.45, 7) is 6.03. The Balaban J connectivity index is 1.48. The summed E-state index contributed by atoms with van der Waals surface area (Å²) in [5, 5.41) is 7.16. The van der Waals surface area contributed by atoms with Gasteiger partial charge in [0.25, 0.3) is 0 Å². The zero-order valence-electron chi connectivity index (χ0n) is 15.1. The number of aromatic nitrogens is 3. The third kappa shape index (κ3) is 3.20. The number of anilines is 1. The molecule has 1 unspecified atom stereocenters. The van der Waals surface area contributed by atoms with E-state index in [2.05, 4.69) is 58.4 Å². The summed E-state index contributed by atoms with van der Waals surface area (Å²) in [7, 11) is 0. The fourth-order valence-electron chi connectivity index (χ4n) is 3.75. The van der Waals surface area contributed by atoms with Crippen LogP contribution in [-0.4, -0.2) is 37.5 Å². The van der Waals surface area contributed by atoms with Crippen molar-refractivity contribution in [3.05, 3.63) is 60.6 Å². The zero-order chi connectivity index (χ0) is 18.1. The summed E-state index contributed by atoms with van der Waals surface area (Å²) < 4.78 is 1.66. The van der Waals surface area contributed by atoms with Crippen LogP contribution in [0.2, 0.25) is 0 Å². The Morgan fingerprint density at radius 1 is 1.23 bits per heavy atom. The predicted octanol–water partition coefficient (Wildman–Crippen LogP) is 2.97. The molecule has 4 rings (SSSR count). The van der Waals surface area contributed by atoms with E-state index < -0.39 is 0 Å². The van der Waals surface area contributed by atoms with Gasteiger partial charge in [0, 0.05) is 24.8 Å². The molecule has 1 atom stereocenters. The van der Waals surface area contributed by atoms with E-state index in [1.54, 1.807) is 4.52 Å². The van der Waals surface area contributed by atoms with Crippen molar-refractivity contribution in [2.24, 2.45) is 5.92 Å². The third-order valence-corrected chi connectivity index (χ3v) is 5.19. The van der Waals surface area contributed by atoms with Crippen molar-refractivity contribution in [3.8, 4) is 0 Å². The SMILES string of the molecule is CC1(C)CC(C(=O)Nc2cccn3ncnc23)CN1Cc1ccccc1. The minimum atomic E-state index is -0.0445. The van der Waals surface area contributed by atoms with E-state index in [0.29, 0.717) is 11.3 Å². The van der Waals surface area contributed by atoms with Gasteiger partial charge in [0.1, 0.15) is 6.33 Å². The fourth-order valence-corrected chi connectivity index (χ4v) is 3.75. The maximum atomic E-state index is 12.9. The Labute approximate surface area is 152 Å². The van der Waals surface area contributed by atoms with Crippen LogP contribution in [0.4, 0.5) is 5.69 Å². The first-order chi connectivity index (χ1) is 12.5. The second-order valence-electron chi connectivity index (χ2n) is 7.52. The standard InChI is InChI=1S/C20H23N5O/c1-20(2)11-16(13-24(20)12-15-7-4-3-5-8-15)19(26)23-17-9-6-10-25-18(17)21-14-22-25/h3-10,14,16H,11-13H2,1-2H3,(H,23,26). The molecule has 1 aromatic carbocycles. The first-order valence-electron chi connectivity index (χ1n) is 8.91. The maximum absolute atomic E-state index is 12.9. The van der Waals surface area contributed by atoms with Gasteiger partial charge in [-0.05, 0) is 38.0 Å². The number of hydrogen-bond donors (Lipinski definition) is 1. The van der Waals surface area contributed by atoms with Crippen LogP contribution in [0, 0.1) is 5.92 Å². The van der Waals surface area contributed by atoms with Crippen LogP contribution in [0.1, 0.15) is 25.8 Å². The Morgan fingerprint density at radius 2 is 2.04 bits per heavy atom. The van der Waals surface area contributed by atoms with Gasteiger partial charge in [-0.25, -0.2) is 9.50 Å². The highest BCUT2D eigenvalue weighted by atomic mass is 16.2. The smallest absolute Gasteiger partial charge is 0.228 e. The lowest BCUT2D eigenvalue weighted by Gasteiger charge is -2.31. The molecule has 3 aromatic rings. The average molecular weight is 349 g/mol. The summed E-state index contributed by atoms with van der Waals surface area (Å²) in [5.41, 5.74) is 2.63. The number of amides is 1. The number of carbonyl (C=O) groups excluding carboxylic acids is 1. The summed E-state index contributed by atoms with van der Waals surface area (Å²) in [6, 6.07) is 14.1. The first kappa shape index (κ1) is 16.7. The molecule has 0 spiro atoms. The van der Waals surface area contributed by atoms with Crippen molar-refractivity contribution >= 4 is 17.2 Å². The average Bonchev–Trinajstić information content (AvgIpc) is 3.21. The molecule has 1 aliphatic heterocycles. The van der Waals surface area contributed by atoms with Gasteiger partial charge in [0.2, 0.25) is 5.91 Å². The van der Waals surface area contributed by atoms with Gasteiger partial charge in [-0.15, -0.1) is 0 Å². The van der Waals surface area contributed by atoms with Crippen molar-refractivity contribution in [1.82, 2.24) is 19.5 Å². The van der Waals surface area contributed by atoms with E-state index in [9.17, 15) is 4.79 Å². The van der Waals surface area contributed by atoms with Crippen LogP contribution >= 0.6 is 0 Å². The van der Waals surface area contributed by atoms with E-state index >= 15 is 0 Å². The van der Waals surface area contributed by atoms with E-state index in [1.807, 2.05) is 24.4 Å². The molecule has 1 aliphatic rings. The fraction of sp³-hybridized carbons (Fsp3) is 0.350. The summed E-state index contributed by atoms with van der Waals surface area (Å²) in [4.78, 5) is 19.5. The van der Waals surface area contributed by atoms with E-state index in [4.69, 9.17) is 0 Å². The number of hydrogen-bond acceptors (Lipinski definition) is 4. The minimum absolute atomic E-state index is 0.0152. The monoisotopic (exact) mass is 349 g/mol. The number of nitrogens with zero attached hydrogens (tertiary/aromatic N) is 4. The highest BCUT2D eigenvalue weighted by molar-refractivity contribution is 5.96. The molecule has 6 nitrogen and oxygen atoms in total. The molecule has 0 saturated carbocycles. The molecular formula is C20H23N5O. The molecule has 1 fully saturated rings. The third-order valence-electron chi connectivity index (χ3n) is 5.19. The molecule has 134 valence electrons. The number of likely N-dealkylation sites (tertiary alicyclic amines) is 1. The molecule has 2 aromatic heterocycles. The Hall–Kier alpha value is -2.73. The van der Waals surface area contributed by atoms with Crippen LogP contribution in [0.25, 0.3) is 5.65 Å². The van der Waals surface area contributed by atoms with E-state index in [-0.39, 0.29) is 17.4 Å². The van der Waals surface area contributed by atoms with Gasteiger partial charge >= 0.3 is 0 Å². The van der Waals surface area contributed by atoms with Gasteiger partial charge in [0.15, 0.2) is 5.65 Å². The number of nitrogens with one attached hydrogen (secondary N) is 1.